The number of halogens is 1. The maximum atomic E-state index is 3.75. The molecule has 110 valence electrons. The van der Waals surface area contributed by atoms with E-state index in [2.05, 4.69) is 51.4 Å². The molecule has 1 atom stereocenters. The fraction of sp³-hybridized carbons (Fsp3) is 0.647. The summed E-state index contributed by atoms with van der Waals surface area (Å²) in [5.41, 5.74) is 3.03. The van der Waals surface area contributed by atoms with Gasteiger partial charge in [-0.25, -0.2) is 0 Å². The van der Waals surface area contributed by atoms with Crippen LogP contribution in [0.25, 0.3) is 0 Å². The normalized spacial score (nSPS) is 22.6. The summed E-state index contributed by atoms with van der Waals surface area (Å²) in [6.07, 6.45) is 8.11. The first kappa shape index (κ1) is 14.6. The molecule has 3 rings (SSSR count). The van der Waals surface area contributed by atoms with Gasteiger partial charge in [0.1, 0.15) is 0 Å². The molecule has 3 heteroatoms. The lowest BCUT2D eigenvalue weighted by molar-refractivity contribution is 0.242. The second-order valence-corrected chi connectivity index (χ2v) is 7.22. The molecule has 1 aromatic carbocycles. The van der Waals surface area contributed by atoms with E-state index in [4.69, 9.17) is 0 Å². The topological polar surface area (TPSA) is 15.3 Å². The minimum Gasteiger partial charge on any atom is -0.309 e. The Hall–Kier alpha value is -0.380. The van der Waals surface area contributed by atoms with Crippen molar-refractivity contribution < 1.29 is 0 Å². The van der Waals surface area contributed by atoms with Gasteiger partial charge in [-0.05, 0) is 56.0 Å². The molecule has 0 heterocycles. The molecule has 1 N–H and O–H groups in total. The van der Waals surface area contributed by atoms with Gasteiger partial charge in [-0.15, -0.1) is 0 Å². The van der Waals surface area contributed by atoms with E-state index in [0.29, 0.717) is 6.04 Å². The van der Waals surface area contributed by atoms with Crippen LogP contribution in [0.3, 0.4) is 0 Å². The predicted molar refractivity (Wildman–Crippen MR) is 88.1 cm³/mol. The van der Waals surface area contributed by atoms with E-state index in [-0.39, 0.29) is 0 Å². The fourth-order valence-corrected chi connectivity index (χ4v) is 4.15. The summed E-state index contributed by atoms with van der Waals surface area (Å²) < 4.78 is 1.21. The molecular weight excluding hydrogens is 312 g/mol. The van der Waals surface area contributed by atoms with E-state index in [9.17, 15) is 0 Å². The molecule has 1 unspecified atom stereocenters. The minimum absolute atomic E-state index is 0.565. The molecule has 0 saturated heterocycles. The zero-order chi connectivity index (χ0) is 13.9. The molecule has 1 aromatic rings. The summed E-state index contributed by atoms with van der Waals surface area (Å²) >= 11 is 3.57. The zero-order valence-corrected chi connectivity index (χ0v) is 14.0. The Bertz CT molecular complexity index is 454. The van der Waals surface area contributed by atoms with Gasteiger partial charge in [0.25, 0.3) is 0 Å². The molecule has 20 heavy (non-hydrogen) atoms. The highest BCUT2D eigenvalue weighted by atomic mass is 79.9. The molecule has 2 aliphatic carbocycles. The van der Waals surface area contributed by atoms with E-state index < -0.39 is 0 Å². The third-order valence-corrected chi connectivity index (χ3v) is 5.48. The average molecular weight is 337 g/mol. The van der Waals surface area contributed by atoms with Crippen LogP contribution in [0.1, 0.15) is 49.3 Å². The van der Waals surface area contributed by atoms with Crippen molar-refractivity contribution in [3.63, 3.8) is 0 Å². The first-order valence-corrected chi connectivity index (χ1v) is 8.75. The third-order valence-electron chi connectivity index (χ3n) is 4.99. The molecule has 2 aliphatic rings. The highest BCUT2D eigenvalue weighted by Crippen LogP contribution is 2.32. The fourth-order valence-electron chi connectivity index (χ4n) is 3.74. The molecule has 0 amide bonds. The van der Waals surface area contributed by atoms with Crippen LogP contribution in [0.4, 0.5) is 0 Å². The second kappa shape index (κ2) is 6.59. The van der Waals surface area contributed by atoms with E-state index in [1.807, 2.05) is 0 Å². The largest absolute Gasteiger partial charge is 0.309 e. The van der Waals surface area contributed by atoms with Gasteiger partial charge >= 0.3 is 0 Å². The van der Waals surface area contributed by atoms with E-state index >= 15 is 0 Å². The first-order chi connectivity index (χ1) is 9.74. The molecule has 1 saturated carbocycles. The summed E-state index contributed by atoms with van der Waals surface area (Å²) in [7, 11) is 2.29. The molecule has 0 aromatic heterocycles. The molecular formula is C17H25BrN2. The number of aryl methyl sites for hydroxylation is 1. The average Bonchev–Trinajstić information content (AvgIpc) is 3.08. The Kier molecular flexibility index (Phi) is 4.79. The van der Waals surface area contributed by atoms with Gasteiger partial charge in [0.2, 0.25) is 0 Å². The van der Waals surface area contributed by atoms with Gasteiger partial charge in [-0.1, -0.05) is 34.8 Å². The van der Waals surface area contributed by atoms with Crippen LogP contribution in [0.15, 0.2) is 22.7 Å². The molecule has 0 spiro atoms. The van der Waals surface area contributed by atoms with Crippen LogP contribution in [0.2, 0.25) is 0 Å². The van der Waals surface area contributed by atoms with Gasteiger partial charge in [0.15, 0.2) is 0 Å². The van der Waals surface area contributed by atoms with Gasteiger partial charge in [0.05, 0.1) is 0 Å². The zero-order valence-electron chi connectivity index (χ0n) is 12.4. The van der Waals surface area contributed by atoms with Crippen LogP contribution in [-0.4, -0.2) is 31.1 Å². The van der Waals surface area contributed by atoms with Gasteiger partial charge < -0.3 is 10.2 Å². The van der Waals surface area contributed by atoms with E-state index in [1.54, 1.807) is 0 Å². The number of likely N-dealkylation sites (N-methyl/N-ethyl adjacent to an activating group) is 1. The Labute approximate surface area is 131 Å². The van der Waals surface area contributed by atoms with Gasteiger partial charge in [-0.2, -0.15) is 0 Å². The van der Waals surface area contributed by atoms with E-state index in [1.165, 1.54) is 60.7 Å². The summed E-state index contributed by atoms with van der Waals surface area (Å²) in [5.74, 6) is 0. The predicted octanol–water partition coefficient (Wildman–Crippen LogP) is 3.90. The number of fused-ring (bicyclic) bond motifs is 1. The lowest BCUT2D eigenvalue weighted by Gasteiger charge is -2.25. The standard InChI is InChI=1S/C17H25BrN2/c1-20(15-4-2-3-5-15)11-10-19-17-9-6-13-12-14(18)7-8-16(13)17/h7-8,12,15,17,19H,2-6,9-11H2,1H3. The van der Waals surface area contributed by atoms with Crippen LogP contribution < -0.4 is 5.32 Å². The Morgan fingerprint density at radius 3 is 2.85 bits per heavy atom. The van der Waals surface area contributed by atoms with Crippen molar-refractivity contribution >= 4 is 15.9 Å². The van der Waals surface area contributed by atoms with Crippen molar-refractivity contribution in [1.29, 1.82) is 0 Å². The van der Waals surface area contributed by atoms with Crippen molar-refractivity contribution in [3.8, 4) is 0 Å². The van der Waals surface area contributed by atoms with Crippen molar-refractivity contribution in [2.75, 3.05) is 20.1 Å². The van der Waals surface area contributed by atoms with Crippen molar-refractivity contribution in [3.05, 3.63) is 33.8 Å². The van der Waals surface area contributed by atoms with Crippen LogP contribution in [0, 0.1) is 0 Å². The summed E-state index contributed by atoms with van der Waals surface area (Å²) in [6.45, 7) is 2.28. The number of hydrogen-bond acceptors (Lipinski definition) is 2. The summed E-state index contributed by atoms with van der Waals surface area (Å²) in [5, 5.41) is 3.75. The highest BCUT2D eigenvalue weighted by Gasteiger charge is 2.23. The van der Waals surface area contributed by atoms with Crippen molar-refractivity contribution in [1.82, 2.24) is 10.2 Å². The van der Waals surface area contributed by atoms with Gasteiger partial charge in [-0.3, -0.25) is 0 Å². The maximum Gasteiger partial charge on any atom is 0.0326 e. The molecule has 0 aliphatic heterocycles. The lowest BCUT2D eigenvalue weighted by atomic mass is 10.1. The van der Waals surface area contributed by atoms with Crippen LogP contribution in [-0.2, 0) is 6.42 Å². The summed E-state index contributed by atoms with van der Waals surface area (Å²) in [4.78, 5) is 2.55. The number of benzene rings is 1. The van der Waals surface area contributed by atoms with Crippen LogP contribution >= 0.6 is 15.9 Å². The Morgan fingerprint density at radius 1 is 1.25 bits per heavy atom. The Balaban J connectivity index is 1.48. The van der Waals surface area contributed by atoms with E-state index in [0.717, 1.165) is 12.6 Å². The summed E-state index contributed by atoms with van der Waals surface area (Å²) in [6, 6.07) is 8.13. The molecule has 0 radical (unpaired) electrons. The smallest absolute Gasteiger partial charge is 0.0326 e. The Morgan fingerprint density at radius 2 is 2.05 bits per heavy atom. The third kappa shape index (κ3) is 3.26. The number of rotatable bonds is 5. The van der Waals surface area contributed by atoms with Crippen LogP contribution in [0.5, 0.6) is 0 Å². The molecule has 0 bridgehead atoms. The second-order valence-electron chi connectivity index (χ2n) is 6.31. The first-order valence-electron chi connectivity index (χ1n) is 7.96. The minimum atomic E-state index is 0.565. The molecule has 2 nitrogen and oxygen atoms in total. The van der Waals surface area contributed by atoms with Crippen molar-refractivity contribution in [2.24, 2.45) is 0 Å². The SMILES string of the molecule is CN(CCNC1CCc2cc(Br)ccc21)C1CCCC1. The van der Waals surface area contributed by atoms with Gasteiger partial charge in [0, 0.05) is 29.6 Å². The maximum absolute atomic E-state index is 3.75. The molecule has 1 fully saturated rings. The monoisotopic (exact) mass is 336 g/mol. The quantitative estimate of drug-likeness (QED) is 0.877. The number of nitrogens with one attached hydrogen (secondary N) is 1. The number of hydrogen-bond donors (Lipinski definition) is 1. The highest BCUT2D eigenvalue weighted by molar-refractivity contribution is 9.10. The number of nitrogens with zero attached hydrogens (tertiary/aromatic N) is 1. The lowest BCUT2D eigenvalue weighted by Crippen LogP contribution is -2.36. The van der Waals surface area contributed by atoms with Crippen molar-refractivity contribution in [2.45, 2.75) is 50.6 Å².